The molecular weight excluding hydrogens is 162 g/mol. The third-order valence-corrected chi connectivity index (χ3v) is 2.61. The van der Waals surface area contributed by atoms with Gasteiger partial charge in [-0.3, -0.25) is 0 Å². The molecule has 0 saturated heterocycles. The maximum absolute atomic E-state index is 5.96. The summed E-state index contributed by atoms with van der Waals surface area (Å²) in [5.74, 6) is 0.798. The minimum absolute atomic E-state index is 0.554. The first-order valence-electron chi connectivity index (χ1n) is 5.41. The molecule has 0 unspecified atom stereocenters. The van der Waals surface area contributed by atoms with Crippen LogP contribution in [0.1, 0.15) is 39.0 Å². The van der Waals surface area contributed by atoms with E-state index in [1.807, 2.05) is 0 Å². The van der Waals surface area contributed by atoms with Gasteiger partial charge in [0.2, 0.25) is 0 Å². The Morgan fingerprint density at radius 3 is 2.54 bits per heavy atom. The standard InChI is InChI=1S/C10H19N3/c1-2-7-13(9-5-6-9)10(11)12-8-3-4-8/h8-9H,2-7H2,1H3,(H2,11,12). The number of rotatable bonds is 4. The van der Waals surface area contributed by atoms with Crippen molar-refractivity contribution >= 4 is 5.96 Å². The van der Waals surface area contributed by atoms with Gasteiger partial charge in [-0.1, -0.05) is 6.92 Å². The van der Waals surface area contributed by atoms with Crippen molar-refractivity contribution in [1.82, 2.24) is 4.90 Å². The molecule has 13 heavy (non-hydrogen) atoms. The van der Waals surface area contributed by atoms with Crippen molar-refractivity contribution in [3.8, 4) is 0 Å². The minimum Gasteiger partial charge on any atom is -0.370 e. The quantitative estimate of drug-likeness (QED) is 0.525. The average Bonchev–Trinajstić information content (AvgIpc) is 2.92. The summed E-state index contributed by atoms with van der Waals surface area (Å²) in [6.07, 6.45) is 6.26. The molecule has 0 spiro atoms. The minimum atomic E-state index is 0.554. The summed E-state index contributed by atoms with van der Waals surface area (Å²) in [4.78, 5) is 6.78. The first kappa shape index (κ1) is 8.85. The molecule has 2 aliphatic carbocycles. The molecular formula is C10H19N3. The zero-order valence-corrected chi connectivity index (χ0v) is 8.37. The van der Waals surface area contributed by atoms with Crippen LogP contribution in [-0.2, 0) is 0 Å². The van der Waals surface area contributed by atoms with Crippen LogP contribution in [0, 0.1) is 0 Å². The zero-order chi connectivity index (χ0) is 9.26. The molecule has 3 nitrogen and oxygen atoms in total. The van der Waals surface area contributed by atoms with E-state index >= 15 is 0 Å². The Morgan fingerprint density at radius 1 is 1.38 bits per heavy atom. The predicted molar refractivity (Wildman–Crippen MR) is 54.7 cm³/mol. The van der Waals surface area contributed by atoms with Gasteiger partial charge in [0.1, 0.15) is 0 Å². The van der Waals surface area contributed by atoms with E-state index in [1.165, 1.54) is 25.7 Å². The van der Waals surface area contributed by atoms with Gasteiger partial charge in [-0.2, -0.15) is 0 Å². The second kappa shape index (κ2) is 3.56. The van der Waals surface area contributed by atoms with Crippen LogP contribution in [0.4, 0.5) is 0 Å². The lowest BCUT2D eigenvalue weighted by Crippen LogP contribution is -2.39. The Balaban J connectivity index is 1.91. The lowest BCUT2D eigenvalue weighted by molar-refractivity contribution is 0.402. The van der Waals surface area contributed by atoms with Gasteiger partial charge < -0.3 is 10.6 Å². The van der Waals surface area contributed by atoms with Crippen molar-refractivity contribution in [2.45, 2.75) is 51.1 Å². The van der Waals surface area contributed by atoms with Gasteiger partial charge in [0, 0.05) is 12.6 Å². The van der Waals surface area contributed by atoms with Crippen LogP contribution in [0.2, 0.25) is 0 Å². The lowest BCUT2D eigenvalue weighted by atomic mass is 10.4. The van der Waals surface area contributed by atoms with Gasteiger partial charge in [0.05, 0.1) is 6.04 Å². The van der Waals surface area contributed by atoms with Gasteiger partial charge in [-0.05, 0) is 32.1 Å². The summed E-state index contributed by atoms with van der Waals surface area (Å²) >= 11 is 0. The molecule has 0 atom stereocenters. The van der Waals surface area contributed by atoms with Crippen molar-refractivity contribution in [2.24, 2.45) is 10.7 Å². The summed E-state index contributed by atoms with van der Waals surface area (Å²) in [5.41, 5.74) is 5.96. The van der Waals surface area contributed by atoms with Crippen molar-refractivity contribution in [2.75, 3.05) is 6.54 Å². The normalized spacial score (nSPS) is 23.3. The van der Waals surface area contributed by atoms with E-state index in [0.29, 0.717) is 12.1 Å². The number of nitrogens with zero attached hydrogens (tertiary/aromatic N) is 2. The molecule has 2 N–H and O–H groups in total. The Morgan fingerprint density at radius 2 is 2.08 bits per heavy atom. The van der Waals surface area contributed by atoms with E-state index in [4.69, 9.17) is 5.73 Å². The van der Waals surface area contributed by atoms with Gasteiger partial charge in [0.25, 0.3) is 0 Å². The van der Waals surface area contributed by atoms with Crippen LogP contribution in [-0.4, -0.2) is 29.5 Å². The maximum Gasteiger partial charge on any atom is 0.191 e. The third-order valence-electron chi connectivity index (χ3n) is 2.61. The van der Waals surface area contributed by atoms with Crippen LogP contribution in [0.5, 0.6) is 0 Å². The number of hydrogen-bond acceptors (Lipinski definition) is 1. The molecule has 0 aromatic heterocycles. The molecule has 0 heterocycles. The Hall–Kier alpha value is -0.730. The molecule has 0 aliphatic heterocycles. The molecule has 0 bridgehead atoms. The van der Waals surface area contributed by atoms with E-state index < -0.39 is 0 Å². The number of guanidine groups is 1. The van der Waals surface area contributed by atoms with E-state index in [2.05, 4.69) is 16.8 Å². The molecule has 2 rings (SSSR count). The van der Waals surface area contributed by atoms with E-state index in [-0.39, 0.29) is 0 Å². The Bertz CT molecular complexity index is 204. The largest absolute Gasteiger partial charge is 0.370 e. The smallest absolute Gasteiger partial charge is 0.191 e. The van der Waals surface area contributed by atoms with Crippen LogP contribution in [0.3, 0.4) is 0 Å². The molecule has 0 amide bonds. The van der Waals surface area contributed by atoms with Crippen LogP contribution in [0.15, 0.2) is 4.99 Å². The molecule has 74 valence electrons. The monoisotopic (exact) mass is 181 g/mol. The molecule has 0 aromatic carbocycles. The summed E-state index contributed by atoms with van der Waals surface area (Å²) in [6, 6.07) is 1.26. The summed E-state index contributed by atoms with van der Waals surface area (Å²) in [6.45, 7) is 3.27. The third kappa shape index (κ3) is 2.36. The SMILES string of the molecule is CCCN(C(N)=NC1CC1)C1CC1. The first-order valence-corrected chi connectivity index (χ1v) is 5.41. The highest BCUT2D eigenvalue weighted by atomic mass is 15.3. The molecule has 3 heteroatoms. The van der Waals surface area contributed by atoms with Crippen molar-refractivity contribution in [3.05, 3.63) is 0 Å². The Kier molecular flexibility index (Phi) is 2.42. The molecule has 0 aromatic rings. The van der Waals surface area contributed by atoms with Crippen LogP contribution >= 0.6 is 0 Å². The van der Waals surface area contributed by atoms with Crippen molar-refractivity contribution in [3.63, 3.8) is 0 Å². The molecule has 2 aliphatic rings. The highest BCUT2D eigenvalue weighted by Gasteiger charge is 2.31. The molecule has 2 fully saturated rings. The summed E-state index contributed by atoms with van der Waals surface area (Å²) in [7, 11) is 0. The number of hydrogen-bond donors (Lipinski definition) is 1. The second-order valence-corrected chi connectivity index (χ2v) is 4.14. The predicted octanol–water partition coefficient (Wildman–Crippen LogP) is 1.34. The van der Waals surface area contributed by atoms with Gasteiger partial charge in [0.15, 0.2) is 5.96 Å². The topological polar surface area (TPSA) is 41.6 Å². The zero-order valence-electron chi connectivity index (χ0n) is 8.37. The summed E-state index contributed by atoms with van der Waals surface area (Å²) in [5, 5.41) is 0. The fourth-order valence-corrected chi connectivity index (χ4v) is 1.58. The average molecular weight is 181 g/mol. The fourth-order valence-electron chi connectivity index (χ4n) is 1.58. The molecule has 0 radical (unpaired) electrons. The second-order valence-electron chi connectivity index (χ2n) is 4.14. The van der Waals surface area contributed by atoms with Gasteiger partial charge in [-0.25, -0.2) is 4.99 Å². The highest BCUT2D eigenvalue weighted by Crippen LogP contribution is 2.28. The first-order chi connectivity index (χ1) is 6.31. The van der Waals surface area contributed by atoms with Crippen molar-refractivity contribution in [1.29, 1.82) is 0 Å². The highest BCUT2D eigenvalue weighted by molar-refractivity contribution is 5.79. The van der Waals surface area contributed by atoms with E-state index in [9.17, 15) is 0 Å². The van der Waals surface area contributed by atoms with E-state index in [1.54, 1.807) is 0 Å². The fraction of sp³-hybridized carbons (Fsp3) is 0.900. The van der Waals surface area contributed by atoms with Crippen LogP contribution in [0.25, 0.3) is 0 Å². The number of nitrogens with two attached hydrogens (primary N) is 1. The van der Waals surface area contributed by atoms with Crippen LogP contribution < -0.4 is 5.73 Å². The molecule has 2 saturated carbocycles. The van der Waals surface area contributed by atoms with Crippen molar-refractivity contribution < 1.29 is 0 Å². The van der Waals surface area contributed by atoms with Gasteiger partial charge in [-0.15, -0.1) is 0 Å². The Labute approximate surface area is 80.0 Å². The number of aliphatic imine (C=N–C) groups is 1. The van der Waals surface area contributed by atoms with E-state index in [0.717, 1.165) is 18.9 Å². The van der Waals surface area contributed by atoms with Gasteiger partial charge >= 0.3 is 0 Å². The summed E-state index contributed by atoms with van der Waals surface area (Å²) < 4.78 is 0. The maximum atomic E-state index is 5.96. The lowest BCUT2D eigenvalue weighted by Gasteiger charge is -2.22.